The highest BCUT2D eigenvalue weighted by Crippen LogP contribution is 2.22. The lowest BCUT2D eigenvalue weighted by Gasteiger charge is -2.13. The molecule has 0 spiro atoms. The highest BCUT2D eigenvalue weighted by molar-refractivity contribution is 14.0. The summed E-state index contributed by atoms with van der Waals surface area (Å²) in [6.45, 7) is 12.6. The summed E-state index contributed by atoms with van der Waals surface area (Å²) in [4.78, 5) is 10.2. The van der Waals surface area contributed by atoms with Gasteiger partial charge in [0.2, 0.25) is 5.89 Å². The monoisotopic (exact) mass is 502 g/mol. The largest absolute Gasteiger partial charge is 0.443 e. The van der Waals surface area contributed by atoms with Gasteiger partial charge in [-0.25, -0.2) is 9.98 Å². The van der Waals surface area contributed by atoms with Crippen molar-refractivity contribution in [1.82, 2.24) is 15.6 Å². The predicted molar refractivity (Wildman–Crippen MR) is 125 cm³/mol. The maximum absolute atomic E-state index is 5.79. The van der Waals surface area contributed by atoms with Crippen molar-refractivity contribution < 1.29 is 4.42 Å². The molecule has 0 saturated carbocycles. The van der Waals surface area contributed by atoms with Gasteiger partial charge in [-0.2, -0.15) is 0 Å². The number of nitrogens with zero attached hydrogens (tertiary/aromatic N) is 2. The minimum Gasteiger partial charge on any atom is -0.443 e. The van der Waals surface area contributed by atoms with Crippen LogP contribution < -0.4 is 10.6 Å². The molecular formula is C20H31IN4OS. The van der Waals surface area contributed by atoms with Gasteiger partial charge in [-0.3, -0.25) is 0 Å². The van der Waals surface area contributed by atoms with Crippen LogP contribution in [0.25, 0.3) is 0 Å². The van der Waals surface area contributed by atoms with Crippen molar-refractivity contribution in [3.63, 3.8) is 0 Å². The number of thioether (sulfide) groups is 1. The van der Waals surface area contributed by atoms with Crippen LogP contribution in [0.5, 0.6) is 0 Å². The molecule has 0 aliphatic heterocycles. The van der Waals surface area contributed by atoms with Crippen LogP contribution >= 0.6 is 35.7 Å². The Balaban J connectivity index is 0.00000364. The fourth-order valence-corrected chi connectivity index (χ4v) is 2.96. The molecule has 150 valence electrons. The molecule has 0 amide bonds. The van der Waals surface area contributed by atoms with Gasteiger partial charge >= 0.3 is 0 Å². The molecule has 0 saturated heterocycles. The van der Waals surface area contributed by atoms with Crippen LogP contribution in [0.1, 0.15) is 44.9 Å². The molecule has 0 fully saturated rings. The van der Waals surface area contributed by atoms with E-state index in [4.69, 9.17) is 4.42 Å². The molecule has 0 aliphatic carbocycles. The van der Waals surface area contributed by atoms with Crippen LogP contribution in [0.2, 0.25) is 0 Å². The number of rotatable bonds is 7. The van der Waals surface area contributed by atoms with Gasteiger partial charge in [-0.05, 0) is 26.0 Å². The van der Waals surface area contributed by atoms with Crippen molar-refractivity contribution in [1.29, 1.82) is 0 Å². The first-order chi connectivity index (χ1) is 12.4. The molecule has 1 heterocycles. The summed E-state index contributed by atoms with van der Waals surface area (Å²) in [5.74, 6) is 3.28. The number of hydrogen-bond donors (Lipinski definition) is 2. The molecule has 1 aromatic carbocycles. The molecular weight excluding hydrogens is 471 g/mol. The lowest BCUT2D eigenvalue weighted by molar-refractivity contribution is 0.383. The Bertz CT molecular complexity index is 708. The average Bonchev–Trinajstić information content (AvgIpc) is 3.07. The second-order valence-corrected chi connectivity index (χ2v) is 8.32. The average molecular weight is 502 g/mol. The first-order valence-corrected chi connectivity index (χ1v) is 10.0. The van der Waals surface area contributed by atoms with Crippen LogP contribution in [0, 0.1) is 6.92 Å². The van der Waals surface area contributed by atoms with Gasteiger partial charge in [0.05, 0.1) is 6.20 Å². The number of aryl methyl sites for hydroxylation is 1. The Hall–Kier alpha value is -1.22. The third-order valence-corrected chi connectivity index (χ3v) is 4.71. The maximum atomic E-state index is 5.79. The fourth-order valence-electron chi connectivity index (χ4n) is 2.19. The van der Waals surface area contributed by atoms with Crippen molar-refractivity contribution in [2.24, 2.45) is 4.99 Å². The van der Waals surface area contributed by atoms with Crippen LogP contribution in [-0.4, -0.2) is 29.8 Å². The maximum Gasteiger partial charge on any atom is 0.216 e. The van der Waals surface area contributed by atoms with Gasteiger partial charge in [-0.1, -0.05) is 38.5 Å². The Morgan fingerprint density at radius 2 is 1.89 bits per heavy atom. The minimum atomic E-state index is -0.0368. The molecule has 0 radical (unpaired) electrons. The van der Waals surface area contributed by atoms with Crippen LogP contribution in [0.15, 0.2) is 44.8 Å². The van der Waals surface area contributed by atoms with Crippen molar-refractivity contribution in [3.05, 3.63) is 47.7 Å². The standard InChI is InChI=1S/C20H30N4OS.HI/c1-6-21-19(22-11-12-26-16-9-7-15(2)8-10-16)24-14-18-23-13-17(25-18)20(3,4)5;/h7-10,13H,6,11-12,14H2,1-5H3,(H2,21,22,24);1H. The number of hydrogen-bond acceptors (Lipinski definition) is 4. The molecule has 0 unspecified atom stereocenters. The molecule has 27 heavy (non-hydrogen) atoms. The predicted octanol–water partition coefficient (Wildman–Crippen LogP) is 4.75. The molecule has 2 aromatic rings. The van der Waals surface area contributed by atoms with Crippen molar-refractivity contribution in [2.75, 3.05) is 18.8 Å². The van der Waals surface area contributed by atoms with E-state index in [1.807, 2.05) is 11.8 Å². The third kappa shape index (κ3) is 8.55. The Morgan fingerprint density at radius 3 is 2.48 bits per heavy atom. The van der Waals surface area contributed by atoms with Crippen LogP contribution in [0.4, 0.5) is 0 Å². The minimum absolute atomic E-state index is 0. The van der Waals surface area contributed by atoms with E-state index in [1.54, 1.807) is 6.20 Å². The van der Waals surface area contributed by atoms with Crippen molar-refractivity contribution in [3.8, 4) is 0 Å². The topological polar surface area (TPSA) is 62.5 Å². The lowest BCUT2D eigenvalue weighted by Crippen LogP contribution is -2.38. The van der Waals surface area contributed by atoms with E-state index in [2.05, 4.69) is 79.5 Å². The van der Waals surface area contributed by atoms with E-state index in [9.17, 15) is 0 Å². The zero-order valence-electron chi connectivity index (χ0n) is 16.8. The van der Waals surface area contributed by atoms with E-state index in [-0.39, 0.29) is 29.4 Å². The van der Waals surface area contributed by atoms with Gasteiger partial charge in [0.15, 0.2) is 5.96 Å². The molecule has 0 bridgehead atoms. The van der Waals surface area contributed by atoms with E-state index in [1.165, 1.54) is 10.5 Å². The fraction of sp³-hybridized carbons (Fsp3) is 0.500. The lowest BCUT2D eigenvalue weighted by atomic mass is 9.94. The summed E-state index contributed by atoms with van der Waals surface area (Å²) in [5, 5.41) is 6.61. The quantitative estimate of drug-likeness (QED) is 0.188. The Labute approximate surface area is 184 Å². The van der Waals surface area contributed by atoms with E-state index >= 15 is 0 Å². The smallest absolute Gasteiger partial charge is 0.216 e. The first kappa shape index (κ1) is 23.8. The normalized spacial score (nSPS) is 11.8. The molecule has 2 N–H and O–H groups in total. The zero-order chi connectivity index (χ0) is 19.0. The van der Waals surface area contributed by atoms with Crippen molar-refractivity contribution in [2.45, 2.75) is 51.5 Å². The van der Waals surface area contributed by atoms with Gasteiger partial charge in [0.25, 0.3) is 0 Å². The number of aromatic nitrogens is 1. The third-order valence-electron chi connectivity index (χ3n) is 3.69. The highest BCUT2D eigenvalue weighted by Gasteiger charge is 2.18. The molecule has 0 atom stereocenters. The van der Waals surface area contributed by atoms with Gasteiger partial charge < -0.3 is 15.1 Å². The highest BCUT2D eigenvalue weighted by atomic mass is 127. The molecule has 0 aliphatic rings. The summed E-state index contributed by atoms with van der Waals surface area (Å²) < 4.78 is 5.79. The summed E-state index contributed by atoms with van der Waals surface area (Å²) in [6.07, 6.45) is 1.80. The zero-order valence-corrected chi connectivity index (χ0v) is 20.0. The van der Waals surface area contributed by atoms with Gasteiger partial charge in [-0.15, -0.1) is 35.7 Å². The Kier molecular flexibility index (Phi) is 10.2. The summed E-state index contributed by atoms with van der Waals surface area (Å²) >= 11 is 1.83. The molecule has 5 nitrogen and oxygen atoms in total. The number of benzene rings is 1. The number of aliphatic imine (C=N–C) groups is 1. The number of guanidine groups is 1. The Morgan fingerprint density at radius 1 is 1.19 bits per heavy atom. The summed E-state index contributed by atoms with van der Waals surface area (Å²) in [7, 11) is 0. The van der Waals surface area contributed by atoms with E-state index in [0.29, 0.717) is 12.4 Å². The number of halogens is 1. The van der Waals surface area contributed by atoms with E-state index in [0.717, 1.165) is 30.6 Å². The molecule has 2 rings (SSSR count). The molecule has 7 heteroatoms. The van der Waals surface area contributed by atoms with Crippen molar-refractivity contribution >= 4 is 41.7 Å². The van der Waals surface area contributed by atoms with Gasteiger partial charge in [0, 0.05) is 29.2 Å². The molecule has 1 aromatic heterocycles. The number of oxazole rings is 1. The van der Waals surface area contributed by atoms with Gasteiger partial charge in [0.1, 0.15) is 12.3 Å². The summed E-state index contributed by atoms with van der Waals surface area (Å²) in [6, 6.07) is 8.61. The summed E-state index contributed by atoms with van der Waals surface area (Å²) in [5.41, 5.74) is 1.25. The second kappa shape index (κ2) is 11.6. The van der Waals surface area contributed by atoms with E-state index < -0.39 is 0 Å². The van der Waals surface area contributed by atoms with Crippen LogP contribution in [0.3, 0.4) is 0 Å². The SMILES string of the molecule is CCNC(=NCc1ncc(C(C)(C)C)o1)NCCSc1ccc(C)cc1.I. The van der Waals surface area contributed by atoms with Crippen LogP contribution in [-0.2, 0) is 12.0 Å². The second-order valence-electron chi connectivity index (χ2n) is 7.15. The number of nitrogens with one attached hydrogen (secondary N) is 2. The first-order valence-electron chi connectivity index (χ1n) is 9.05.